The van der Waals surface area contributed by atoms with Crippen molar-refractivity contribution in [3.05, 3.63) is 28.2 Å². The van der Waals surface area contributed by atoms with E-state index in [2.05, 4.69) is 10.4 Å². The van der Waals surface area contributed by atoms with Crippen molar-refractivity contribution >= 4 is 46.6 Å². The molecule has 1 aliphatic heterocycles. The zero-order chi connectivity index (χ0) is 17.5. The third kappa shape index (κ3) is 5.67. The molecule has 0 unspecified atom stereocenters. The molecule has 0 spiro atoms. The van der Waals surface area contributed by atoms with E-state index in [1.54, 1.807) is 23.2 Å². The number of hydrogen-bond donors (Lipinski definition) is 2. The molecule has 7 nitrogen and oxygen atoms in total. The van der Waals surface area contributed by atoms with Gasteiger partial charge in [0.1, 0.15) is 5.84 Å². The van der Waals surface area contributed by atoms with Crippen LogP contribution in [0.5, 0.6) is 0 Å². The average Bonchev–Trinajstić information content (AvgIpc) is 2.97. The molecule has 0 aromatic heterocycles. The quantitative estimate of drug-likeness (QED) is 0.716. The number of carboxylic acids is 1. The lowest BCUT2D eigenvalue weighted by atomic mass is 10.3. The highest BCUT2D eigenvalue weighted by molar-refractivity contribution is 6.42. The van der Waals surface area contributed by atoms with E-state index in [1.165, 1.54) is 0 Å². The standard InChI is InChI=1S/C15H17Cl2N3O4/c16-11-2-1-10(9-12(11)17)20-6-3-13(19-20)18-14(21)4-7-24-8-5-15(22)23/h1-2,9H,3-8H2,(H,22,23)(H,18,19,21). The van der Waals surface area contributed by atoms with E-state index in [0.29, 0.717) is 28.8 Å². The molecule has 1 aromatic rings. The maximum Gasteiger partial charge on any atom is 0.305 e. The average molecular weight is 374 g/mol. The van der Waals surface area contributed by atoms with Crippen molar-refractivity contribution in [1.82, 2.24) is 5.32 Å². The minimum absolute atomic E-state index is 0.0764. The van der Waals surface area contributed by atoms with Gasteiger partial charge < -0.3 is 15.2 Å². The van der Waals surface area contributed by atoms with E-state index in [1.807, 2.05) is 0 Å². The van der Waals surface area contributed by atoms with Crippen LogP contribution in [0.1, 0.15) is 19.3 Å². The van der Waals surface area contributed by atoms with Gasteiger partial charge in [-0.05, 0) is 18.2 Å². The number of amides is 1. The largest absolute Gasteiger partial charge is 0.481 e. The van der Waals surface area contributed by atoms with Crippen LogP contribution in [-0.4, -0.2) is 42.6 Å². The number of carbonyl (C=O) groups excluding carboxylic acids is 1. The maximum absolute atomic E-state index is 11.8. The minimum Gasteiger partial charge on any atom is -0.481 e. The number of hydrazone groups is 1. The molecule has 0 bridgehead atoms. The number of benzene rings is 1. The predicted molar refractivity (Wildman–Crippen MR) is 91.7 cm³/mol. The SMILES string of the molecule is O=C(O)CCOCCC(=O)NC1=NN(c2ccc(Cl)c(Cl)c2)CC1. The van der Waals surface area contributed by atoms with Crippen LogP contribution in [0.3, 0.4) is 0 Å². The number of nitrogens with zero attached hydrogens (tertiary/aromatic N) is 2. The molecule has 1 heterocycles. The van der Waals surface area contributed by atoms with Crippen LogP contribution in [0.2, 0.25) is 10.0 Å². The van der Waals surface area contributed by atoms with Crippen LogP contribution in [0.15, 0.2) is 23.3 Å². The molecule has 0 saturated heterocycles. The molecule has 0 radical (unpaired) electrons. The summed E-state index contributed by atoms with van der Waals surface area (Å²) in [5.41, 5.74) is 0.797. The van der Waals surface area contributed by atoms with Gasteiger partial charge in [0, 0.05) is 13.0 Å². The molecule has 0 atom stereocenters. The second-order valence-corrected chi connectivity index (χ2v) is 5.89. The molecule has 0 fully saturated rings. The van der Waals surface area contributed by atoms with Crippen molar-refractivity contribution in [3.63, 3.8) is 0 Å². The maximum atomic E-state index is 11.8. The lowest BCUT2D eigenvalue weighted by Crippen LogP contribution is -2.30. The second-order valence-electron chi connectivity index (χ2n) is 5.07. The molecule has 1 amide bonds. The van der Waals surface area contributed by atoms with Gasteiger partial charge >= 0.3 is 5.97 Å². The number of rotatable bonds is 7. The van der Waals surface area contributed by atoms with Crippen molar-refractivity contribution in [2.24, 2.45) is 5.10 Å². The number of amidine groups is 1. The molecule has 1 aliphatic rings. The highest BCUT2D eigenvalue weighted by Gasteiger charge is 2.18. The summed E-state index contributed by atoms with van der Waals surface area (Å²) >= 11 is 11.9. The van der Waals surface area contributed by atoms with Crippen molar-refractivity contribution in [1.29, 1.82) is 0 Å². The van der Waals surface area contributed by atoms with Crippen LogP contribution in [0.25, 0.3) is 0 Å². The zero-order valence-corrected chi connectivity index (χ0v) is 14.3. The normalized spacial score (nSPS) is 13.8. The van der Waals surface area contributed by atoms with Crippen molar-refractivity contribution < 1.29 is 19.4 Å². The summed E-state index contributed by atoms with van der Waals surface area (Å²) in [5.74, 6) is -0.584. The summed E-state index contributed by atoms with van der Waals surface area (Å²) in [6.45, 7) is 0.889. The Morgan fingerprint density at radius 1 is 1.25 bits per heavy atom. The van der Waals surface area contributed by atoms with Gasteiger partial charge in [-0.15, -0.1) is 0 Å². The summed E-state index contributed by atoms with van der Waals surface area (Å²) in [6, 6.07) is 5.22. The van der Waals surface area contributed by atoms with Gasteiger partial charge in [-0.2, -0.15) is 5.10 Å². The number of aliphatic carboxylic acids is 1. The molecular formula is C15H17Cl2N3O4. The van der Waals surface area contributed by atoms with Crippen molar-refractivity contribution in [2.45, 2.75) is 19.3 Å². The Hall–Kier alpha value is -1.83. The van der Waals surface area contributed by atoms with Crippen LogP contribution in [0.4, 0.5) is 5.69 Å². The highest BCUT2D eigenvalue weighted by atomic mass is 35.5. The van der Waals surface area contributed by atoms with Gasteiger partial charge in [-0.1, -0.05) is 23.2 Å². The molecule has 130 valence electrons. The molecule has 24 heavy (non-hydrogen) atoms. The monoisotopic (exact) mass is 373 g/mol. The van der Waals surface area contributed by atoms with E-state index in [4.69, 9.17) is 33.0 Å². The number of anilines is 1. The number of carboxylic acid groups (broad SMARTS) is 1. The molecule has 9 heteroatoms. The fraction of sp³-hybridized carbons (Fsp3) is 0.400. The Balaban J connectivity index is 1.78. The van der Waals surface area contributed by atoms with Gasteiger partial charge in [0.05, 0.1) is 41.8 Å². The zero-order valence-electron chi connectivity index (χ0n) is 12.8. The van der Waals surface area contributed by atoms with Crippen LogP contribution < -0.4 is 10.3 Å². The third-order valence-corrected chi connectivity index (χ3v) is 3.96. The van der Waals surface area contributed by atoms with Gasteiger partial charge in [-0.25, -0.2) is 0 Å². The second kappa shape index (κ2) is 8.86. The Bertz CT molecular complexity index is 652. The Labute approximate surface area is 149 Å². The number of carbonyl (C=O) groups is 2. The summed E-state index contributed by atoms with van der Waals surface area (Å²) in [5, 5.41) is 18.2. The van der Waals surface area contributed by atoms with E-state index < -0.39 is 5.97 Å². The van der Waals surface area contributed by atoms with E-state index in [-0.39, 0.29) is 32.0 Å². The number of hydrogen-bond acceptors (Lipinski definition) is 5. The number of ether oxygens (including phenoxy) is 1. The fourth-order valence-electron chi connectivity index (χ4n) is 2.03. The van der Waals surface area contributed by atoms with E-state index in [0.717, 1.165) is 5.69 Å². The lowest BCUT2D eigenvalue weighted by Gasteiger charge is -2.13. The fourth-order valence-corrected chi connectivity index (χ4v) is 2.32. The van der Waals surface area contributed by atoms with Gasteiger partial charge in [0.15, 0.2) is 0 Å². The first-order valence-electron chi connectivity index (χ1n) is 7.35. The minimum atomic E-state index is -0.929. The first-order chi connectivity index (χ1) is 11.5. The lowest BCUT2D eigenvalue weighted by molar-refractivity contribution is -0.138. The Morgan fingerprint density at radius 3 is 2.71 bits per heavy atom. The van der Waals surface area contributed by atoms with Gasteiger partial charge in [0.2, 0.25) is 5.91 Å². The first kappa shape index (κ1) is 18.5. The summed E-state index contributed by atoms with van der Waals surface area (Å²) in [7, 11) is 0. The Kier molecular flexibility index (Phi) is 6.84. The number of nitrogens with one attached hydrogen (secondary N) is 1. The van der Waals surface area contributed by atoms with Crippen molar-refractivity contribution in [3.8, 4) is 0 Å². The first-order valence-corrected chi connectivity index (χ1v) is 8.11. The van der Waals surface area contributed by atoms with E-state index in [9.17, 15) is 9.59 Å². The van der Waals surface area contributed by atoms with Crippen molar-refractivity contribution in [2.75, 3.05) is 24.8 Å². The molecule has 0 saturated carbocycles. The summed E-state index contributed by atoms with van der Waals surface area (Å²) < 4.78 is 5.08. The topological polar surface area (TPSA) is 91.2 Å². The molecule has 0 aliphatic carbocycles. The van der Waals surface area contributed by atoms with E-state index >= 15 is 0 Å². The summed E-state index contributed by atoms with van der Waals surface area (Å²) in [4.78, 5) is 22.1. The molecular weight excluding hydrogens is 357 g/mol. The molecule has 2 rings (SSSR count). The predicted octanol–water partition coefficient (Wildman–Crippen LogP) is 2.51. The smallest absolute Gasteiger partial charge is 0.305 e. The summed E-state index contributed by atoms with van der Waals surface area (Å²) in [6.07, 6.45) is 0.671. The van der Waals surface area contributed by atoms with Crippen LogP contribution in [0, 0.1) is 0 Å². The Morgan fingerprint density at radius 2 is 2.00 bits per heavy atom. The molecule has 1 aromatic carbocycles. The van der Waals surface area contributed by atoms with Crippen LogP contribution in [-0.2, 0) is 14.3 Å². The van der Waals surface area contributed by atoms with Gasteiger partial charge in [-0.3, -0.25) is 14.6 Å². The number of halogens is 2. The third-order valence-electron chi connectivity index (χ3n) is 3.22. The van der Waals surface area contributed by atoms with Crippen LogP contribution >= 0.6 is 23.2 Å². The van der Waals surface area contributed by atoms with Gasteiger partial charge in [0.25, 0.3) is 0 Å². The molecule has 2 N–H and O–H groups in total. The highest BCUT2D eigenvalue weighted by Crippen LogP contribution is 2.28.